The number of epoxide rings is 1. The van der Waals surface area contributed by atoms with Gasteiger partial charge in [-0.05, 0) is 51.5 Å². The van der Waals surface area contributed by atoms with Crippen LogP contribution in [0.2, 0.25) is 6.55 Å². The van der Waals surface area contributed by atoms with Gasteiger partial charge in [0.25, 0.3) is 0 Å². The van der Waals surface area contributed by atoms with Crippen molar-refractivity contribution in [1.29, 1.82) is 0 Å². The summed E-state index contributed by atoms with van der Waals surface area (Å²) in [5, 5.41) is 0. The van der Waals surface area contributed by atoms with E-state index in [0.717, 1.165) is 19.1 Å². The van der Waals surface area contributed by atoms with Crippen LogP contribution in [0.3, 0.4) is 0 Å². The third-order valence-corrected chi connectivity index (χ3v) is 6.09. The molecule has 0 spiro atoms. The molecular formula is C15H30O3Si. The van der Waals surface area contributed by atoms with Gasteiger partial charge in [-0.2, -0.15) is 0 Å². The number of fused-ring (bicyclic) bond motifs is 1. The first-order valence-electron chi connectivity index (χ1n) is 8.07. The highest BCUT2D eigenvalue weighted by atomic mass is 28.3. The van der Waals surface area contributed by atoms with Gasteiger partial charge in [-0.1, -0.05) is 19.8 Å². The third kappa shape index (κ3) is 4.55. The van der Waals surface area contributed by atoms with Crippen LogP contribution in [-0.4, -0.2) is 34.2 Å². The average Bonchev–Trinajstić information content (AvgIpc) is 3.07. The van der Waals surface area contributed by atoms with Gasteiger partial charge in [-0.15, -0.1) is 0 Å². The number of hydrogen-bond acceptors (Lipinski definition) is 3. The van der Waals surface area contributed by atoms with Gasteiger partial charge in [0, 0.05) is 13.2 Å². The Balaban J connectivity index is 1.47. The maximum Gasteiger partial charge on any atom is 0.318 e. The molecule has 0 aromatic rings. The molecule has 0 amide bonds. The molecule has 0 N–H and O–H groups in total. The first-order chi connectivity index (χ1) is 9.16. The van der Waals surface area contributed by atoms with Crippen LogP contribution in [0.5, 0.6) is 0 Å². The predicted octanol–water partition coefficient (Wildman–Crippen LogP) is 3.41. The Morgan fingerprint density at radius 2 is 2.11 bits per heavy atom. The van der Waals surface area contributed by atoms with E-state index in [1.165, 1.54) is 44.9 Å². The molecule has 0 aromatic heterocycles. The molecule has 1 saturated heterocycles. The standard InChI is InChI=1S/C15H30O3Si/c1-4-16-19(3)17-11-7-5-6-9-15-10-8-13(2)12-14(15)18-15/h13-14,19H,4-12H2,1-3H3. The van der Waals surface area contributed by atoms with Crippen LogP contribution in [0, 0.1) is 5.92 Å². The van der Waals surface area contributed by atoms with E-state index >= 15 is 0 Å². The van der Waals surface area contributed by atoms with E-state index in [1.54, 1.807) is 0 Å². The molecule has 2 fully saturated rings. The van der Waals surface area contributed by atoms with E-state index in [4.69, 9.17) is 13.6 Å². The largest absolute Gasteiger partial charge is 0.397 e. The minimum Gasteiger partial charge on any atom is -0.397 e. The molecule has 1 aliphatic carbocycles. The molecule has 4 unspecified atom stereocenters. The molecule has 2 aliphatic rings. The van der Waals surface area contributed by atoms with Crippen LogP contribution >= 0.6 is 0 Å². The van der Waals surface area contributed by atoms with Gasteiger partial charge in [0.15, 0.2) is 0 Å². The lowest BCUT2D eigenvalue weighted by Crippen LogP contribution is -2.23. The zero-order valence-corrected chi connectivity index (χ0v) is 14.0. The lowest BCUT2D eigenvalue weighted by atomic mass is 9.80. The van der Waals surface area contributed by atoms with Crippen molar-refractivity contribution in [3.8, 4) is 0 Å². The molecular weight excluding hydrogens is 256 g/mol. The number of unbranched alkanes of at least 4 members (excludes halogenated alkanes) is 2. The Kier molecular flexibility index (Phi) is 5.87. The molecule has 1 saturated carbocycles. The molecule has 112 valence electrons. The second-order valence-corrected chi connectivity index (χ2v) is 8.06. The Hall–Kier alpha value is 0.0969. The molecule has 4 atom stereocenters. The Morgan fingerprint density at radius 3 is 2.84 bits per heavy atom. The summed E-state index contributed by atoms with van der Waals surface area (Å²) in [6.45, 7) is 8.15. The minimum absolute atomic E-state index is 0.306. The van der Waals surface area contributed by atoms with E-state index in [-0.39, 0.29) is 0 Å². The SMILES string of the molecule is CCO[SiH](C)OCCCCCC12CCC(C)CC1O2. The van der Waals surface area contributed by atoms with Crippen molar-refractivity contribution in [3.05, 3.63) is 0 Å². The van der Waals surface area contributed by atoms with Crippen LogP contribution in [0.1, 0.15) is 58.8 Å². The lowest BCUT2D eigenvalue weighted by Gasteiger charge is -2.21. The first kappa shape index (κ1) is 15.5. The molecule has 0 bridgehead atoms. The molecule has 2 rings (SSSR count). The van der Waals surface area contributed by atoms with Crippen LogP contribution < -0.4 is 0 Å². The Bertz CT molecular complexity index is 274. The summed E-state index contributed by atoms with van der Waals surface area (Å²) in [5.74, 6) is 0.874. The Labute approximate surface area is 119 Å². The smallest absolute Gasteiger partial charge is 0.318 e. The summed E-state index contributed by atoms with van der Waals surface area (Å²) in [7, 11) is -1.32. The molecule has 1 aliphatic heterocycles. The van der Waals surface area contributed by atoms with Gasteiger partial charge in [0.05, 0.1) is 11.7 Å². The van der Waals surface area contributed by atoms with Gasteiger partial charge in [-0.25, -0.2) is 0 Å². The van der Waals surface area contributed by atoms with Gasteiger partial charge < -0.3 is 13.6 Å². The van der Waals surface area contributed by atoms with E-state index in [1.807, 2.05) is 6.92 Å². The second-order valence-electron chi connectivity index (χ2n) is 6.26. The van der Waals surface area contributed by atoms with Crippen molar-refractivity contribution in [2.24, 2.45) is 5.92 Å². The molecule has 1 heterocycles. The topological polar surface area (TPSA) is 31.0 Å². The van der Waals surface area contributed by atoms with E-state index in [0.29, 0.717) is 11.7 Å². The third-order valence-electron chi connectivity index (χ3n) is 4.58. The zero-order valence-electron chi connectivity index (χ0n) is 12.8. The van der Waals surface area contributed by atoms with Crippen molar-refractivity contribution < 1.29 is 13.6 Å². The van der Waals surface area contributed by atoms with Crippen molar-refractivity contribution >= 4 is 9.28 Å². The maximum atomic E-state index is 5.97. The van der Waals surface area contributed by atoms with Crippen LogP contribution in [0.25, 0.3) is 0 Å². The molecule has 19 heavy (non-hydrogen) atoms. The van der Waals surface area contributed by atoms with E-state index < -0.39 is 9.28 Å². The quantitative estimate of drug-likeness (QED) is 0.370. The molecule has 3 nitrogen and oxygen atoms in total. The highest BCUT2D eigenvalue weighted by molar-refractivity contribution is 6.42. The fourth-order valence-electron chi connectivity index (χ4n) is 3.29. The van der Waals surface area contributed by atoms with Crippen LogP contribution in [0.15, 0.2) is 0 Å². The first-order valence-corrected chi connectivity index (χ1v) is 10.2. The Morgan fingerprint density at radius 1 is 1.26 bits per heavy atom. The minimum atomic E-state index is -1.32. The van der Waals surface area contributed by atoms with Crippen molar-refractivity contribution in [2.75, 3.05) is 13.2 Å². The molecule has 0 aromatic carbocycles. The second kappa shape index (κ2) is 7.20. The summed E-state index contributed by atoms with van der Waals surface area (Å²) in [6, 6.07) is 0. The van der Waals surface area contributed by atoms with E-state index in [2.05, 4.69) is 13.5 Å². The maximum absolute atomic E-state index is 5.97. The van der Waals surface area contributed by atoms with Crippen molar-refractivity contribution in [1.82, 2.24) is 0 Å². The summed E-state index contributed by atoms with van der Waals surface area (Å²) in [4.78, 5) is 0. The fraction of sp³-hybridized carbons (Fsp3) is 1.00. The van der Waals surface area contributed by atoms with Crippen LogP contribution in [0.4, 0.5) is 0 Å². The highest BCUT2D eigenvalue weighted by Gasteiger charge is 2.57. The summed E-state index contributed by atoms with van der Waals surface area (Å²) in [5.41, 5.74) is 0.306. The van der Waals surface area contributed by atoms with Crippen LogP contribution in [-0.2, 0) is 13.6 Å². The number of hydrogen-bond donors (Lipinski definition) is 0. The van der Waals surface area contributed by atoms with Gasteiger partial charge in [-0.3, -0.25) is 0 Å². The summed E-state index contributed by atoms with van der Waals surface area (Å²) in [6.07, 6.45) is 9.53. The van der Waals surface area contributed by atoms with Gasteiger partial charge in [0.1, 0.15) is 0 Å². The number of ether oxygens (including phenoxy) is 1. The summed E-state index contributed by atoms with van der Waals surface area (Å²) >= 11 is 0. The monoisotopic (exact) mass is 286 g/mol. The normalized spacial score (nSPS) is 34.9. The van der Waals surface area contributed by atoms with Gasteiger partial charge >= 0.3 is 9.28 Å². The lowest BCUT2D eigenvalue weighted by molar-refractivity contribution is 0.203. The molecule has 4 heteroatoms. The van der Waals surface area contributed by atoms with Crippen molar-refractivity contribution in [3.63, 3.8) is 0 Å². The zero-order chi connectivity index (χ0) is 13.7. The summed E-state index contributed by atoms with van der Waals surface area (Å²) < 4.78 is 17.2. The average molecular weight is 286 g/mol. The highest BCUT2D eigenvalue weighted by Crippen LogP contribution is 2.52. The predicted molar refractivity (Wildman–Crippen MR) is 79.7 cm³/mol. The van der Waals surface area contributed by atoms with Gasteiger partial charge in [0.2, 0.25) is 0 Å². The van der Waals surface area contributed by atoms with E-state index in [9.17, 15) is 0 Å². The van der Waals surface area contributed by atoms with Crippen molar-refractivity contribution in [2.45, 2.75) is 77.0 Å². The molecule has 0 radical (unpaired) electrons. The number of rotatable bonds is 9. The fourth-order valence-corrected chi connectivity index (χ4v) is 4.35.